The van der Waals surface area contributed by atoms with E-state index in [-0.39, 0.29) is 11.9 Å². The summed E-state index contributed by atoms with van der Waals surface area (Å²) in [6.45, 7) is 3.38. The first-order valence-corrected chi connectivity index (χ1v) is 5.76. The van der Waals surface area contributed by atoms with Crippen LogP contribution in [0.25, 0.3) is 0 Å². The quantitative estimate of drug-likeness (QED) is 0.686. The van der Waals surface area contributed by atoms with Gasteiger partial charge in [0.2, 0.25) is 5.91 Å². The third-order valence-corrected chi connectivity index (χ3v) is 3.15. The number of piperazine rings is 1. The smallest absolute Gasteiger partial charge is 0.325 e. The van der Waals surface area contributed by atoms with Crippen LogP contribution in [-0.2, 0) is 11.3 Å². The minimum atomic E-state index is -0.522. The molecule has 98 valence electrons. The van der Waals surface area contributed by atoms with Crippen molar-refractivity contribution in [1.29, 1.82) is 0 Å². The van der Waals surface area contributed by atoms with Crippen LogP contribution in [0.3, 0.4) is 0 Å². The fourth-order valence-corrected chi connectivity index (χ4v) is 2.08. The Bertz CT molecular complexity index is 534. The standard InChI is InChI=1S/C11H16N4O3/c1-7-4-15(6-10(17)14(7)2)5-8-3-9(16)13-11(18)12-8/h3,7H,4-6H2,1-2H3,(H2,12,13,16,18)/t7-/m0/s1. The lowest BCUT2D eigenvalue weighted by atomic mass is 10.2. The summed E-state index contributed by atoms with van der Waals surface area (Å²) in [5.41, 5.74) is -0.429. The Morgan fingerprint density at radius 1 is 1.33 bits per heavy atom. The second kappa shape index (κ2) is 4.77. The summed E-state index contributed by atoms with van der Waals surface area (Å²) in [6, 6.07) is 1.47. The topological polar surface area (TPSA) is 89.3 Å². The predicted molar refractivity (Wildman–Crippen MR) is 65.2 cm³/mol. The second-order valence-corrected chi connectivity index (χ2v) is 4.64. The van der Waals surface area contributed by atoms with Crippen molar-refractivity contribution in [2.75, 3.05) is 20.1 Å². The number of likely N-dealkylation sites (N-methyl/N-ethyl adjacent to an activating group) is 1. The normalized spacial score (nSPS) is 21.3. The van der Waals surface area contributed by atoms with Crippen LogP contribution in [0, 0.1) is 0 Å². The summed E-state index contributed by atoms with van der Waals surface area (Å²) in [4.78, 5) is 42.3. The van der Waals surface area contributed by atoms with Gasteiger partial charge in [0.15, 0.2) is 0 Å². The summed E-state index contributed by atoms with van der Waals surface area (Å²) >= 11 is 0. The van der Waals surface area contributed by atoms with Gasteiger partial charge in [-0.05, 0) is 6.92 Å². The second-order valence-electron chi connectivity index (χ2n) is 4.64. The lowest BCUT2D eigenvalue weighted by Gasteiger charge is -2.37. The Hall–Kier alpha value is -1.89. The van der Waals surface area contributed by atoms with Crippen molar-refractivity contribution in [3.63, 3.8) is 0 Å². The largest absolute Gasteiger partial charge is 0.341 e. The molecule has 1 aliphatic rings. The van der Waals surface area contributed by atoms with E-state index in [9.17, 15) is 14.4 Å². The van der Waals surface area contributed by atoms with Crippen molar-refractivity contribution in [3.8, 4) is 0 Å². The van der Waals surface area contributed by atoms with Crippen molar-refractivity contribution in [2.45, 2.75) is 19.5 Å². The average Bonchev–Trinajstić information content (AvgIpc) is 2.24. The summed E-state index contributed by atoms with van der Waals surface area (Å²) in [6.07, 6.45) is 0. The van der Waals surface area contributed by atoms with Gasteiger partial charge in [0, 0.05) is 37.9 Å². The van der Waals surface area contributed by atoms with Gasteiger partial charge in [-0.2, -0.15) is 0 Å². The predicted octanol–water partition coefficient (Wildman–Crippen LogP) is -1.27. The molecule has 1 atom stereocenters. The van der Waals surface area contributed by atoms with E-state index in [1.165, 1.54) is 6.07 Å². The van der Waals surface area contributed by atoms with Gasteiger partial charge >= 0.3 is 5.69 Å². The molecule has 0 bridgehead atoms. The van der Waals surface area contributed by atoms with Crippen LogP contribution in [0.1, 0.15) is 12.6 Å². The number of nitrogens with one attached hydrogen (secondary N) is 2. The van der Waals surface area contributed by atoms with Crippen LogP contribution in [0.5, 0.6) is 0 Å². The van der Waals surface area contributed by atoms with Gasteiger partial charge < -0.3 is 9.88 Å². The molecule has 18 heavy (non-hydrogen) atoms. The zero-order valence-electron chi connectivity index (χ0n) is 10.4. The Balaban J connectivity index is 2.12. The molecule has 2 heterocycles. The molecule has 1 aromatic rings. The fraction of sp³-hybridized carbons (Fsp3) is 0.545. The number of carbonyl (C=O) groups is 1. The van der Waals surface area contributed by atoms with Crippen LogP contribution >= 0.6 is 0 Å². The van der Waals surface area contributed by atoms with E-state index in [2.05, 4.69) is 9.97 Å². The van der Waals surface area contributed by atoms with Crippen molar-refractivity contribution in [3.05, 3.63) is 32.6 Å². The molecule has 0 spiro atoms. The average molecular weight is 252 g/mol. The maximum absolute atomic E-state index is 11.7. The number of hydrogen-bond acceptors (Lipinski definition) is 4. The zero-order chi connectivity index (χ0) is 13.3. The van der Waals surface area contributed by atoms with Crippen LogP contribution in [0.2, 0.25) is 0 Å². The molecule has 1 amide bonds. The Kier molecular flexibility index (Phi) is 3.33. The van der Waals surface area contributed by atoms with E-state index < -0.39 is 11.2 Å². The Labute approximate surface area is 103 Å². The lowest BCUT2D eigenvalue weighted by Crippen LogP contribution is -2.53. The van der Waals surface area contributed by atoms with Crippen LogP contribution in [0.4, 0.5) is 0 Å². The molecule has 0 saturated carbocycles. The number of nitrogens with zero attached hydrogens (tertiary/aromatic N) is 2. The van der Waals surface area contributed by atoms with E-state index >= 15 is 0 Å². The third-order valence-electron chi connectivity index (χ3n) is 3.15. The molecule has 7 nitrogen and oxygen atoms in total. The van der Waals surface area contributed by atoms with E-state index in [1.807, 2.05) is 11.8 Å². The molecule has 0 aliphatic carbocycles. The zero-order valence-corrected chi connectivity index (χ0v) is 10.4. The summed E-state index contributed by atoms with van der Waals surface area (Å²) in [7, 11) is 1.78. The molecule has 0 aromatic carbocycles. The highest BCUT2D eigenvalue weighted by molar-refractivity contribution is 5.79. The van der Waals surface area contributed by atoms with Gasteiger partial charge in [-0.3, -0.25) is 19.5 Å². The number of rotatable bonds is 2. The maximum atomic E-state index is 11.7. The lowest BCUT2D eigenvalue weighted by molar-refractivity contribution is -0.137. The third kappa shape index (κ3) is 2.67. The number of H-pyrrole nitrogens is 2. The van der Waals surface area contributed by atoms with Crippen LogP contribution in [-0.4, -0.2) is 51.9 Å². The number of carbonyl (C=O) groups excluding carboxylic acids is 1. The summed E-state index contributed by atoms with van der Waals surface area (Å²) in [5.74, 6) is 0.0425. The molecule has 7 heteroatoms. The summed E-state index contributed by atoms with van der Waals surface area (Å²) in [5, 5.41) is 0. The molecular weight excluding hydrogens is 236 g/mol. The van der Waals surface area contributed by atoms with E-state index in [4.69, 9.17) is 0 Å². The minimum Gasteiger partial charge on any atom is -0.341 e. The highest BCUT2D eigenvalue weighted by Crippen LogP contribution is 2.10. The van der Waals surface area contributed by atoms with E-state index in [0.29, 0.717) is 18.8 Å². The first-order valence-electron chi connectivity index (χ1n) is 5.76. The van der Waals surface area contributed by atoms with Gasteiger partial charge in [0.05, 0.1) is 6.54 Å². The molecule has 2 rings (SSSR count). The number of hydrogen-bond donors (Lipinski definition) is 2. The van der Waals surface area contributed by atoms with Crippen molar-refractivity contribution in [2.24, 2.45) is 0 Å². The van der Waals surface area contributed by atoms with Gasteiger partial charge in [-0.1, -0.05) is 0 Å². The van der Waals surface area contributed by atoms with Gasteiger partial charge in [-0.15, -0.1) is 0 Å². The van der Waals surface area contributed by atoms with Crippen LogP contribution < -0.4 is 11.2 Å². The number of aromatic amines is 2. The molecule has 1 saturated heterocycles. The SMILES string of the molecule is C[C@H]1CN(Cc2cc(=O)[nH]c(=O)[nH]2)CC(=O)N1C. The molecule has 1 aromatic heterocycles. The van der Waals surface area contributed by atoms with E-state index in [1.54, 1.807) is 11.9 Å². The van der Waals surface area contributed by atoms with Crippen molar-refractivity contribution >= 4 is 5.91 Å². The number of aromatic nitrogens is 2. The monoisotopic (exact) mass is 252 g/mol. The molecule has 2 N–H and O–H groups in total. The van der Waals surface area contributed by atoms with Crippen molar-refractivity contribution in [1.82, 2.24) is 19.8 Å². The highest BCUT2D eigenvalue weighted by Gasteiger charge is 2.26. The Morgan fingerprint density at radius 2 is 2.06 bits per heavy atom. The molecule has 1 aliphatic heterocycles. The van der Waals surface area contributed by atoms with E-state index in [0.717, 1.165) is 6.54 Å². The first kappa shape index (κ1) is 12.6. The highest BCUT2D eigenvalue weighted by atomic mass is 16.2. The number of amides is 1. The molecule has 1 fully saturated rings. The molecule has 0 unspecified atom stereocenters. The van der Waals surface area contributed by atoms with Gasteiger partial charge in [0.25, 0.3) is 5.56 Å². The van der Waals surface area contributed by atoms with Gasteiger partial charge in [-0.25, -0.2) is 4.79 Å². The van der Waals surface area contributed by atoms with Crippen LogP contribution in [0.15, 0.2) is 15.7 Å². The molecular formula is C11H16N4O3. The van der Waals surface area contributed by atoms with Gasteiger partial charge in [0.1, 0.15) is 0 Å². The fourth-order valence-electron chi connectivity index (χ4n) is 2.08. The van der Waals surface area contributed by atoms with Crippen molar-refractivity contribution < 1.29 is 4.79 Å². The Morgan fingerprint density at radius 3 is 2.67 bits per heavy atom. The summed E-state index contributed by atoms with van der Waals surface area (Å²) < 4.78 is 0. The molecule has 0 radical (unpaired) electrons. The maximum Gasteiger partial charge on any atom is 0.325 e. The first-order chi connectivity index (χ1) is 8.45. The minimum absolute atomic E-state index is 0.0425.